The summed E-state index contributed by atoms with van der Waals surface area (Å²) in [5, 5.41) is 16.2. The molecule has 1 aliphatic rings. The second-order valence-electron chi connectivity index (χ2n) is 8.25. The Kier molecular flexibility index (Phi) is 8.98. The van der Waals surface area contributed by atoms with E-state index in [2.05, 4.69) is 16.5 Å². The average molecular weight is 484 g/mol. The first-order valence-corrected chi connectivity index (χ1v) is 10.7. The molecule has 0 aliphatic carbocycles. The van der Waals surface area contributed by atoms with Gasteiger partial charge >= 0.3 is 11.8 Å². The van der Waals surface area contributed by atoms with Gasteiger partial charge in [0, 0.05) is 26.7 Å². The third-order valence-electron chi connectivity index (χ3n) is 4.68. The van der Waals surface area contributed by atoms with Crippen molar-refractivity contribution in [3.8, 4) is 0 Å². The molecule has 1 fully saturated rings. The number of carbonyl (C=O) groups is 1. The molecular formula is C20H33N7O7. The number of nitrogen functional groups attached to an aromatic ring is 1. The van der Waals surface area contributed by atoms with Crippen LogP contribution >= 0.6 is 0 Å². The van der Waals surface area contributed by atoms with Crippen molar-refractivity contribution in [1.29, 1.82) is 0 Å². The fraction of sp³-hybridized carbons (Fsp3) is 0.600. The number of imidazole rings is 1. The zero-order chi connectivity index (χ0) is 25.6. The lowest BCUT2D eigenvalue weighted by molar-refractivity contribution is -0.127. The highest BCUT2D eigenvalue weighted by molar-refractivity contribution is 5.71. The van der Waals surface area contributed by atoms with Crippen LogP contribution in [0.2, 0.25) is 0 Å². The van der Waals surface area contributed by atoms with Crippen LogP contribution in [0.5, 0.6) is 0 Å². The number of allylic oxidation sites excluding steroid dienone is 1. The van der Waals surface area contributed by atoms with Crippen LogP contribution in [0.1, 0.15) is 32.9 Å². The molecular weight excluding hydrogens is 450 g/mol. The van der Waals surface area contributed by atoms with E-state index < -0.39 is 29.4 Å². The Balaban J connectivity index is 0.000000739. The van der Waals surface area contributed by atoms with E-state index in [4.69, 9.17) is 31.2 Å². The van der Waals surface area contributed by atoms with Gasteiger partial charge in [-0.05, 0) is 26.7 Å². The number of nitrogens with one attached hydrogen (secondary N) is 1. The van der Waals surface area contributed by atoms with E-state index >= 15 is 0 Å². The van der Waals surface area contributed by atoms with Crippen LogP contribution < -0.4 is 22.7 Å². The van der Waals surface area contributed by atoms with E-state index in [1.807, 2.05) is 0 Å². The van der Waals surface area contributed by atoms with Crippen molar-refractivity contribution in [2.45, 2.75) is 51.4 Å². The summed E-state index contributed by atoms with van der Waals surface area (Å²) in [7, 11) is 1.59. The minimum atomic E-state index is -1.50. The van der Waals surface area contributed by atoms with E-state index in [9.17, 15) is 14.4 Å². The molecule has 0 saturated carbocycles. The number of H-pyrrole nitrogens is 1. The first kappa shape index (κ1) is 27.0. The smallest absolute Gasteiger partial charge is 0.409 e. The topological polar surface area (TPSA) is 204 Å². The van der Waals surface area contributed by atoms with E-state index in [-0.39, 0.29) is 36.4 Å². The van der Waals surface area contributed by atoms with Gasteiger partial charge < -0.3 is 36.1 Å². The zero-order valence-electron chi connectivity index (χ0n) is 19.6. The quantitative estimate of drug-likeness (QED) is 0.241. The van der Waals surface area contributed by atoms with Gasteiger partial charge in [-0.15, -0.1) is 6.58 Å². The van der Waals surface area contributed by atoms with Crippen LogP contribution in [0.4, 0.5) is 10.7 Å². The monoisotopic (exact) mass is 483 g/mol. The number of amides is 1. The molecule has 2 aromatic heterocycles. The molecule has 190 valence electrons. The van der Waals surface area contributed by atoms with Crippen molar-refractivity contribution >= 4 is 23.2 Å². The lowest BCUT2D eigenvalue weighted by Crippen LogP contribution is -2.34. The number of aromatic amines is 1. The molecule has 14 nitrogen and oxygen atoms in total. The maximum absolute atomic E-state index is 12.9. The van der Waals surface area contributed by atoms with Gasteiger partial charge in [-0.2, -0.15) is 4.98 Å². The molecule has 1 amide bonds. The number of likely N-dealkylation sites (N-methyl/N-ethyl adjacent to an activating group) is 1. The summed E-state index contributed by atoms with van der Waals surface area (Å²) in [6, 6.07) is 0. The van der Waals surface area contributed by atoms with Gasteiger partial charge in [0.2, 0.25) is 5.95 Å². The van der Waals surface area contributed by atoms with Crippen LogP contribution in [0, 0.1) is 0 Å². The van der Waals surface area contributed by atoms with Crippen LogP contribution in [0.25, 0.3) is 11.2 Å². The molecule has 2 unspecified atom stereocenters. The van der Waals surface area contributed by atoms with Crippen molar-refractivity contribution in [2.24, 2.45) is 5.73 Å². The van der Waals surface area contributed by atoms with Crippen LogP contribution in [-0.2, 0) is 16.0 Å². The number of fused-ring (bicyclic) bond motifs is 1. The summed E-state index contributed by atoms with van der Waals surface area (Å²) in [6.45, 7) is 7.11. The summed E-state index contributed by atoms with van der Waals surface area (Å²) >= 11 is 0. The molecule has 7 N–H and O–H groups in total. The van der Waals surface area contributed by atoms with Crippen molar-refractivity contribution in [3.63, 3.8) is 0 Å². The first-order chi connectivity index (χ1) is 15.9. The lowest BCUT2D eigenvalue weighted by atomic mass is 10.2. The van der Waals surface area contributed by atoms with Crippen molar-refractivity contribution in [3.05, 3.63) is 33.5 Å². The Labute approximate surface area is 195 Å². The van der Waals surface area contributed by atoms with E-state index in [0.29, 0.717) is 25.9 Å². The molecule has 34 heavy (non-hydrogen) atoms. The Bertz CT molecular complexity index is 1110. The maximum atomic E-state index is 12.9. The largest absolute Gasteiger partial charge is 0.447 e. The molecule has 2 atom stereocenters. The van der Waals surface area contributed by atoms with E-state index in [1.54, 1.807) is 7.05 Å². The van der Waals surface area contributed by atoms with Gasteiger partial charge in [-0.25, -0.2) is 14.2 Å². The molecule has 3 rings (SSSR count). The summed E-state index contributed by atoms with van der Waals surface area (Å²) in [6.07, 6.45) is 1.02. The minimum Gasteiger partial charge on any atom is -0.447 e. The first-order valence-electron chi connectivity index (χ1n) is 10.7. The number of aliphatic hydroxyl groups is 2. The van der Waals surface area contributed by atoms with Crippen LogP contribution in [-0.4, -0.2) is 78.9 Å². The number of aromatic nitrogens is 4. The zero-order valence-corrected chi connectivity index (χ0v) is 19.6. The Morgan fingerprint density at radius 2 is 2.06 bits per heavy atom. The molecule has 14 heteroatoms. The number of nitrogens with zero attached hydrogens (tertiary/aromatic N) is 4. The van der Waals surface area contributed by atoms with Gasteiger partial charge in [0.1, 0.15) is 12.8 Å². The summed E-state index contributed by atoms with van der Waals surface area (Å²) in [4.78, 5) is 45.1. The van der Waals surface area contributed by atoms with Gasteiger partial charge in [0.15, 0.2) is 17.0 Å². The van der Waals surface area contributed by atoms with Gasteiger partial charge in [0.25, 0.3) is 5.56 Å². The van der Waals surface area contributed by atoms with Crippen molar-refractivity contribution < 1.29 is 24.5 Å². The Morgan fingerprint density at radius 3 is 2.65 bits per heavy atom. The average Bonchev–Trinajstić information content (AvgIpc) is 3.28. The summed E-state index contributed by atoms with van der Waals surface area (Å²) in [5.41, 5.74) is 10.4. The number of nitrogens with two attached hydrogens (primary N) is 2. The number of carbonyl (C=O) groups excluding carboxylic acids is 1. The highest BCUT2D eigenvalue weighted by atomic mass is 16.6. The third-order valence-corrected chi connectivity index (χ3v) is 4.68. The Morgan fingerprint density at radius 1 is 1.41 bits per heavy atom. The highest BCUT2D eigenvalue weighted by Gasteiger charge is 2.32. The van der Waals surface area contributed by atoms with Gasteiger partial charge in [0.05, 0.1) is 6.10 Å². The number of hydrogen-bond acceptors (Lipinski definition) is 10. The molecule has 0 bridgehead atoms. The Hall–Kier alpha value is -3.20. The summed E-state index contributed by atoms with van der Waals surface area (Å²) < 4.78 is 13.7. The van der Waals surface area contributed by atoms with Crippen molar-refractivity contribution in [2.75, 3.05) is 32.5 Å². The third kappa shape index (κ3) is 6.90. The minimum absolute atomic E-state index is 0.0421. The number of anilines is 1. The number of hydrogen-bond donors (Lipinski definition) is 5. The van der Waals surface area contributed by atoms with E-state index in [1.165, 1.54) is 34.0 Å². The number of rotatable bonds is 7. The molecule has 2 aromatic rings. The SMILES string of the molecule is C=CCn1c(=O)n(C2CCC(COC(=O)N(C)CCN)O2)c2nc(N)[nH]c(=O)c21.CC(C)(O)O. The van der Waals surface area contributed by atoms with Gasteiger partial charge in [-0.1, -0.05) is 6.08 Å². The molecule has 0 radical (unpaired) electrons. The van der Waals surface area contributed by atoms with Crippen LogP contribution in [0.3, 0.4) is 0 Å². The fourth-order valence-electron chi connectivity index (χ4n) is 3.32. The molecule has 3 heterocycles. The molecule has 0 aromatic carbocycles. The second kappa shape index (κ2) is 11.3. The van der Waals surface area contributed by atoms with Crippen LogP contribution in [0.15, 0.2) is 22.2 Å². The normalized spacial score (nSPS) is 17.8. The summed E-state index contributed by atoms with van der Waals surface area (Å²) in [5.74, 6) is -1.60. The second-order valence-corrected chi connectivity index (χ2v) is 8.25. The van der Waals surface area contributed by atoms with Crippen molar-refractivity contribution in [1.82, 2.24) is 24.0 Å². The van der Waals surface area contributed by atoms with Gasteiger partial charge in [-0.3, -0.25) is 14.3 Å². The fourth-order valence-corrected chi connectivity index (χ4v) is 3.32. The molecule has 1 saturated heterocycles. The highest BCUT2D eigenvalue weighted by Crippen LogP contribution is 2.29. The predicted molar refractivity (Wildman–Crippen MR) is 124 cm³/mol. The maximum Gasteiger partial charge on any atom is 0.409 e. The van der Waals surface area contributed by atoms with E-state index in [0.717, 1.165) is 0 Å². The lowest BCUT2D eigenvalue weighted by Gasteiger charge is -2.18. The number of ether oxygens (including phenoxy) is 2. The molecule has 0 spiro atoms. The molecule has 1 aliphatic heterocycles. The predicted octanol–water partition coefficient (Wildman–Crippen LogP) is -0.934. The standard InChI is InChI=1S/C17H25N7O5.C3H8O2/c1-3-7-23-12-13(20-15(19)21-14(12)25)24(16(23)26)11-5-4-10(29-11)9-28-17(27)22(2)8-6-18;1-3(2,4)5/h3,10-11H,1,4-9,18H2,2H3,(H3,19,20,21,25);4-5H,1-2H3.